The van der Waals surface area contributed by atoms with Crippen LogP contribution in [0.15, 0.2) is 78.0 Å². The van der Waals surface area contributed by atoms with Crippen LogP contribution in [0.25, 0.3) is 49.0 Å². The van der Waals surface area contributed by atoms with Crippen molar-refractivity contribution in [3.8, 4) is 5.88 Å². The molecule has 0 aliphatic heterocycles. The van der Waals surface area contributed by atoms with E-state index in [1.807, 2.05) is 54.6 Å². The van der Waals surface area contributed by atoms with E-state index in [-0.39, 0.29) is 18.2 Å². The number of aromatic amines is 1. The van der Waals surface area contributed by atoms with Gasteiger partial charge in [0.05, 0.1) is 34.4 Å². The van der Waals surface area contributed by atoms with Crippen molar-refractivity contribution in [3.63, 3.8) is 0 Å². The molecule has 35 heavy (non-hydrogen) atoms. The van der Waals surface area contributed by atoms with Gasteiger partial charge in [0, 0.05) is 16.5 Å². The van der Waals surface area contributed by atoms with Crippen LogP contribution in [-0.2, 0) is 11.2 Å². The minimum Gasteiger partial charge on any atom is -0.494 e. The topological polar surface area (TPSA) is 112 Å². The first-order chi connectivity index (χ1) is 17.1. The summed E-state index contributed by atoms with van der Waals surface area (Å²) >= 11 is 0. The Labute approximate surface area is 196 Å². The average Bonchev–Trinajstić information content (AvgIpc) is 3.54. The first kappa shape index (κ1) is 19.5. The van der Waals surface area contributed by atoms with Crippen molar-refractivity contribution in [2.75, 3.05) is 5.32 Å². The van der Waals surface area contributed by atoms with Gasteiger partial charge in [0.2, 0.25) is 11.8 Å². The van der Waals surface area contributed by atoms with Crippen LogP contribution in [0.4, 0.5) is 5.69 Å². The summed E-state index contributed by atoms with van der Waals surface area (Å²) in [6.07, 6.45) is 3.43. The molecule has 3 N–H and O–H groups in total. The van der Waals surface area contributed by atoms with Crippen LogP contribution in [0, 0.1) is 0 Å². The van der Waals surface area contributed by atoms with E-state index in [1.165, 1.54) is 0 Å². The molecule has 0 aliphatic carbocycles. The van der Waals surface area contributed by atoms with Gasteiger partial charge in [0.1, 0.15) is 12.0 Å². The lowest BCUT2D eigenvalue weighted by molar-refractivity contribution is -0.115. The number of hydrogen-bond acceptors (Lipinski definition) is 5. The molecular weight excluding hydrogens is 442 g/mol. The molecule has 3 aromatic carbocycles. The van der Waals surface area contributed by atoms with Crippen LogP contribution < -0.4 is 10.9 Å². The van der Waals surface area contributed by atoms with Crippen LogP contribution in [0.3, 0.4) is 0 Å². The molecule has 0 atom stereocenters. The molecule has 0 fully saturated rings. The van der Waals surface area contributed by atoms with Gasteiger partial charge in [-0.25, -0.2) is 9.97 Å². The van der Waals surface area contributed by atoms with E-state index in [4.69, 9.17) is 4.98 Å². The Morgan fingerprint density at radius 2 is 1.86 bits per heavy atom. The van der Waals surface area contributed by atoms with Crippen LogP contribution in [0.1, 0.15) is 5.56 Å². The van der Waals surface area contributed by atoms with E-state index in [0.29, 0.717) is 43.9 Å². The minimum atomic E-state index is -0.397. The van der Waals surface area contributed by atoms with Gasteiger partial charge in [0.25, 0.3) is 5.56 Å². The lowest BCUT2D eigenvalue weighted by Gasteiger charge is -2.08. The number of rotatable bonds is 3. The van der Waals surface area contributed by atoms with Crippen molar-refractivity contribution in [1.29, 1.82) is 0 Å². The number of pyridine rings is 1. The molecule has 8 heteroatoms. The Morgan fingerprint density at radius 1 is 1.00 bits per heavy atom. The molecule has 0 spiro atoms. The fraction of sp³-hybridized carbons (Fsp3) is 0.0370. The number of nitrogens with one attached hydrogen (secondary N) is 2. The molecule has 4 aromatic heterocycles. The van der Waals surface area contributed by atoms with Crippen molar-refractivity contribution in [2.24, 2.45) is 0 Å². The fourth-order valence-corrected chi connectivity index (χ4v) is 5.05. The third-order valence-electron chi connectivity index (χ3n) is 6.55. The molecular formula is C27H17N5O3. The normalized spacial score (nSPS) is 11.9. The van der Waals surface area contributed by atoms with Gasteiger partial charge in [-0.3, -0.25) is 19.0 Å². The highest BCUT2D eigenvalue weighted by Gasteiger charge is 2.21. The number of benzene rings is 3. The third kappa shape index (κ3) is 2.80. The van der Waals surface area contributed by atoms with Gasteiger partial charge in [0.15, 0.2) is 0 Å². The molecule has 7 aromatic rings. The maximum Gasteiger partial charge on any atom is 0.259 e. The van der Waals surface area contributed by atoms with Crippen LogP contribution >= 0.6 is 0 Å². The quantitative estimate of drug-likeness (QED) is 0.364. The smallest absolute Gasteiger partial charge is 0.259 e. The number of H-pyrrole nitrogens is 1. The van der Waals surface area contributed by atoms with Crippen LogP contribution in [0.5, 0.6) is 5.88 Å². The highest BCUT2D eigenvalue weighted by Crippen LogP contribution is 2.37. The number of aromatic nitrogens is 4. The van der Waals surface area contributed by atoms with E-state index in [9.17, 15) is 14.7 Å². The Balaban J connectivity index is 1.34. The largest absolute Gasteiger partial charge is 0.494 e. The number of hydrogen-bond donors (Lipinski definition) is 3. The zero-order valence-electron chi connectivity index (χ0n) is 18.2. The molecule has 0 unspecified atom stereocenters. The number of carbonyl (C=O) groups excluding carboxylic acids is 1. The molecule has 0 saturated carbocycles. The van der Waals surface area contributed by atoms with E-state index in [2.05, 4.69) is 15.3 Å². The summed E-state index contributed by atoms with van der Waals surface area (Å²) in [6.45, 7) is 0. The second-order valence-electron chi connectivity index (χ2n) is 8.61. The second-order valence-corrected chi connectivity index (χ2v) is 8.61. The van der Waals surface area contributed by atoms with Gasteiger partial charge in [-0.2, -0.15) is 0 Å². The molecule has 0 saturated heterocycles. The highest BCUT2D eigenvalue weighted by atomic mass is 16.3. The summed E-state index contributed by atoms with van der Waals surface area (Å²) < 4.78 is 1.75. The van der Waals surface area contributed by atoms with Gasteiger partial charge >= 0.3 is 0 Å². The summed E-state index contributed by atoms with van der Waals surface area (Å²) in [4.78, 5) is 37.1. The predicted octanol–water partition coefficient (Wildman–Crippen LogP) is 4.36. The number of aromatic hydroxyl groups is 1. The standard InChI is InChI=1S/C27H17N5O3/c33-21(10-15-6-3-5-14-4-1-2-7-17(14)15)29-16-8-9-19-18(11-16)22-24-23(26(34)31-27(24)35)20-12-28-13-32(20)25(22)30-19/h1-9,11-13,34H,10H2,(H,29,33)(H,31,35). The number of nitrogens with zero attached hydrogens (tertiary/aromatic N) is 3. The number of carbonyl (C=O) groups is 1. The van der Waals surface area contributed by atoms with E-state index in [0.717, 1.165) is 16.3 Å². The first-order valence-electron chi connectivity index (χ1n) is 11.1. The van der Waals surface area contributed by atoms with E-state index in [1.54, 1.807) is 23.0 Å². The molecule has 7 rings (SSSR count). The van der Waals surface area contributed by atoms with Crippen LogP contribution in [-0.4, -0.2) is 30.4 Å². The molecule has 0 bridgehead atoms. The van der Waals surface area contributed by atoms with Crippen LogP contribution in [0.2, 0.25) is 0 Å². The van der Waals surface area contributed by atoms with Crippen molar-refractivity contribution in [3.05, 3.63) is 89.1 Å². The Kier molecular flexibility index (Phi) is 3.90. The average molecular weight is 459 g/mol. The Bertz CT molecular complexity index is 2020. The maximum absolute atomic E-state index is 12.9. The fourth-order valence-electron chi connectivity index (χ4n) is 5.05. The van der Waals surface area contributed by atoms with Gasteiger partial charge < -0.3 is 10.4 Å². The predicted molar refractivity (Wildman–Crippen MR) is 135 cm³/mol. The van der Waals surface area contributed by atoms with Gasteiger partial charge in [-0.05, 0) is 34.5 Å². The van der Waals surface area contributed by atoms with Crippen molar-refractivity contribution in [2.45, 2.75) is 6.42 Å². The van der Waals surface area contributed by atoms with Gasteiger partial charge in [-0.1, -0.05) is 42.5 Å². The highest BCUT2D eigenvalue weighted by molar-refractivity contribution is 6.23. The first-order valence-corrected chi connectivity index (χ1v) is 11.1. The lowest BCUT2D eigenvalue weighted by atomic mass is 10.0. The zero-order chi connectivity index (χ0) is 23.7. The number of amides is 1. The Hall–Kier alpha value is -4.98. The SMILES string of the molecule is O=C(Cc1cccc2ccccc12)Nc1ccc2nc3c(c2c1)c1c(=O)[nH]c(O)c1c1cncn13. The maximum atomic E-state index is 12.9. The number of fused-ring (bicyclic) bond motifs is 9. The molecule has 8 nitrogen and oxygen atoms in total. The van der Waals surface area contributed by atoms with Crippen molar-refractivity contribution in [1.82, 2.24) is 19.4 Å². The van der Waals surface area contributed by atoms with Gasteiger partial charge in [-0.15, -0.1) is 0 Å². The summed E-state index contributed by atoms with van der Waals surface area (Å²) in [5.74, 6) is -0.346. The molecule has 4 heterocycles. The summed E-state index contributed by atoms with van der Waals surface area (Å²) in [5, 5.41) is 17.6. The van der Waals surface area contributed by atoms with Crippen molar-refractivity contribution < 1.29 is 9.90 Å². The van der Waals surface area contributed by atoms with E-state index >= 15 is 0 Å². The Morgan fingerprint density at radius 3 is 2.77 bits per heavy atom. The molecule has 168 valence electrons. The second kappa shape index (κ2) is 7.01. The number of imidazole rings is 1. The van der Waals surface area contributed by atoms with Crippen molar-refractivity contribution >= 4 is 60.6 Å². The zero-order valence-corrected chi connectivity index (χ0v) is 18.2. The minimum absolute atomic E-state index is 0.143. The molecule has 0 radical (unpaired) electrons. The summed E-state index contributed by atoms with van der Waals surface area (Å²) in [7, 11) is 0. The third-order valence-corrected chi connectivity index (χ3v) is 6.55. The molecule has 1 amide bonds. The summed E-state index contributed by atoms with van der Waals surface area (Å²) in [5.41, 5.74) is 2.99. The lowest BCUT2D eigenvalue weighted by Crippen LogP contribution is -2.14. The molecule has 0 aliphatic rings. The number of anilines is 1. The summed E-state index contributed by atoms with van der Waals surface area (Å²) in [6, 6.07) is 19.3. The monoisotopic (exact) mass is 459 g/mol. The van der Waals surface area contributed by atoms with E-state index < -0.39 is 5.56 Å².